The highest BCUT2D eigenvalue weighted by atomic mass is 15.2. The summed E-state index contributed by atoms with van der Waals surface area (Å²) in [5, 5.41) is 18.5. The minimum absolute atomic E-state index is 0.234. The van der Waals surface area contributed by atoms with Gasteiger partial charge in [0.25, 0.3) is 0 Å². The Morgan fingerprint density at radius 2 is 1.68 bits per heavy atom. The zero-order valence-corrected chi connectivity index (χ0v) is 17.6. The lowest BCUT2D eigenvalue weighted by Crippen LogP contribution is -2.24. The number of hydrogen-bond donors (Lipinski definition) is 0. The van der Waals surface area contributed by atoms with Gasteiger partial charge in [0.15, 0.2) is 0 Å². The van der Waals surface area contributed by atoms with E-state index in [0.717, 1.165) is 18.4 Å². The van der Waals surface area contributed by atoms with Crippen LogP contribution < -0.4 is 0 Å². The minimum Gasteiger partial charge on any atom is -0.275 e. The van der Waals surface area contributed by atoms with E-state index in [9.17, 15) is 5.26 Å². The van der Waals surface area contributed by atoms with Crippen LogP contribution in [0.2, 0.25) is 0 Å². The van der Waals surface area contributed by atoms with Gasteiger partial charge < -0.3 is 0 Å². The Balaban J connectivity index is 1.41. The van der Waals surface area contributed by atoms with Crippen molar-refractivity contribution in [2.45, 2.75) is 31.6 Å². The van der Waals surface area contributed by atoms with Gasteiger partial charge in [-0.25, -0.2) is 4.52 Å². The van der Waals surface area contributed by atoms with E-state index in [1.54, 1.807) is 0 Å². The molecule has 31 heavy (non-hydrogen) atoms. The van der Waals surface area contributed by atoms with Gasteiger partial charge in [-0.2, -0.15) is 15.5 Å². The van der Waals surface area contributed by atoms with Crippen LogP contribution in [0.25, 0.3) is 27.8 Å². The summed E-state index contributed by atoms with van der Waals surface area (Å²) in [6.07, 6.45) is 12.6. The Bertz CT molecular complexity index is 1280. The standard InChI is InChI=1S/C26H25N5/c1-30-16-22(14-28-30)18-4-6-19(7-5-18)24-15-29-31-10-2-3-23(26(24)31)25-20-8-9-21(25)12-17(11-20)13-27/h2-7,10,14-17,20-21,25H,8-9,11-12H2,1H3. The first kappa shape index (κ1) is 18.4. The third kappa shape index (κ3) is 2.97. The van der Waals surface area contributed by atoms with E-state index in [2.05, 4.69) is 58.9 Å². The SMILES string of the molecule is Cn1cc(-c2ccc(-c3cnn4cccc(C5C6CCC5CC(C#N)C6)c34)cc2)cn1. The van der Waals surface area contributed by atoms with Gasteiger partial charge in [0.2, 0.25) is 0 Å². The van der Waals surface area contributed by atoms with Crippen molar-refractivity contribution in [2.75, 3.05) is 0 Å². The molecule has 2 fully saturated rings. The number of aromatic nitrogens is 4. The van der Waals surface area contributed by atoms with E-state index in [1.165, 1.54) is 40.6 Å². The molecule has 4 aromatic rings. The van der Waals surface area contributed by atoms with Crippen molar-refractivity contribution in [1.82, 2.24) is 19.4 Å². The molecule has 0 aliphatic heterocycles. The number of aryl methyl sites for hydroxylation is 1. The lowest BCUT2D eigenvalue weighted by molar-refractivity contribution is 0.261. The zero-order valence-electron chi connectivity index (χ0n) is 17.6. The summed E-state index contributed by atoms with van der Waals surface area (Å²) in [7, 11) is 1.94. The molecule has 3 heterocycles. The molecule has 0 radical (unpaired) electrons. The monoisotopic (exact) mass is 407 g/mol. The summed E-state index contributed by atoms with van der Waals surface area (Å²) in [5.74, 6) is 2.01. The number of nitrogens with zero attached hydrogens (tertiary/aromatic N) is 5. The van der Waals surface area contributed by atoms with Crippen LogP contribution in [-0.2, 0) is 7.05 Å². The molecule has 5 nitrogen and oxygen atoms in total. The molecule has 0 N–H and O–H groups in total. The summed E-state index contributed by atoms with van der Waals surface area (Å²) in [6.45, 7) is 0. The first-order chi connectivity index (χ1) is 15.2. The number of nitriles is 1. The molecule has 6 rings (SSSR count). The lowest BCUT2D eigenvalue weighted by atomic mass is 9.70. The van der Waals surface area contributed by atoms with Crippen LogP contribution >= 0.6 is 0 Å². The molecule has 0 saturated heterocycles. The zero-order chi connectivity index (χ0) is 20.9. The third-order valence-electron chi connectivity index (χ3n) is 7.45. The van der Waals surface area contributed by atoms with Crippen LogP contribution in [0.3, 0.4) is 0 Å². The van der Waals surface area contributed by atoms with E-state index >= 15 is 0 Å². The number of hydrogen-bond acceptors (Lipinski definition) is 3. The van der Waals surface area contributed by atoms with Gasteiger partial charge in [-0.15, -0.1) is 0 Å². The molecule has 5 heteroatoms. The van der Waals surface area contributed by atoms with Gasteiger partial charge in [-0.1, -0.05) is 30.3 Å². The van der Waals surface area contributed by atoms with Gasteiger partial charge in [0.05, 0.1) is 24.0 Å². The summed E-state index contributed by atoms with van der Waals surface area (Å²) in [6, 6.07) is 15.7. The van der Waals surface area contributed by atoms with Crippen LogP contribution in [-0.4, -0.2) is 19.4 Å². The average molecular weight is 408 g/mol. The molecule has 1 aromatic carbocycles. The van der Waals surface area contributed by atoms with Gasteiger partial charge >= 0.3 is 0 Å². The predicted molar refractivity (Wildman–Crippen MR) is 120 cm³/mol. The highest BCUT2D eigenvalue weighted by Crippen LogP contribution is 2.55. The Morgan fingerprint density at radius 1 is 0.935 bits per heavy atom. The predicted octanol–water partition coefficient (Wildman–Crippen LogP) is 5.45. The Kier molecular flexibility index (Phi) is 4.21. The number of fused-ring (bicyclic) bond motifs is 3. The molecular weight excluding hydrogens is 382 g/mol. The molecule has 2 aliphatic rings. The molecule has 2 atom stereocenters. The molecule has 0 amide bonds. The molecular formula is C26H25N5. The smallest absolute Gasteiger partial charge is 0.0775 e. The topological polar surface area (TPSA) is 58.9 Å². The quantitative estimate of drug-likeness (QED) is 0.454. The summed E-state index contributed by atoms with van der Waals surface area (Å²) >= 11 is 0. The maximum atomic E-state index is 9.48. The van der Waals surface area contributed by atoms with Crippen molar-refractivity contribution in [3.8, 4) is 28.3 Å². The van der Waals surface area contributed by atoms with E-state index < -0.39 is 0 Å². The summed E-state index contributed by atoms with van der Waals surface area (Å²) in [5.41, 5.74) is 7.31. The van der Waals surface area contributed by atoms with Crippen molar-refractivity contribution in [3.05, 3.63) is 66.7 Å². The molecule has 2 unspecified atom stereocenters. The Hall–Kier alpha value is -3.39. The maximum absolute atomic E-state index is 9.48. The number of rotatable bonds is 3. The molecule has 2 aliphatic carbocycles. The highest BCUT2D eigenvalue weighted by Gasteiger charge is 2.44. The van der Waals surface area contributed by atoms with E-state index in [0.29, 0.717) is 17.8 Å². The minimum atomic E-state index is 0.234. The first-order valence-corrected chi connectivity index (χ1v) is 11.2. The normalized spacial score (nSPS) is 25.0. The fourth-order valence-electron chi connectivity index (χ4n) is 6.10. The van der Waals surface area contributed by atoms with Crippen molar-refractivity contribution in [3.63, 3.8) is 0 Å². The van der Waals surface area contributed by atoms with E-state index in [1.807, 2.05) is 34.8 Å². The molecule has 154 valence electrons. The van der Waals surface area contributed by atoms with E-state index in [-0.39, 0.29) is 5.92 Å². The van der Waals surface area contributed by atoms with Crippen molar-refractivity contribution >= 4 is 5.52 Å². The largest absolute Gasteiger partial charge is 0.275 e. The molecule has 0 spiro atoms. The van der Waals surface area contributed by atoms with Crippen LogP contribution in [0.5, 0.6) is 0 Å². The lowest BCUT2D eigenvalue weighted by Gasteiger charge is -2.33. The van der Waals surface area contributed by atoms with Crippen LogP contribution in [0.1, 0.15) is 37.2 Å². The van der Waals surface area contributed by atoms with Crippen molar-refractivity contribution in [2.24, 2.45) is 24.8 Å². The van der Waals surface area contributed by atoms with Crippen molar-refractivity contribution < 1.29 is 0 Å². The van der Waals surface area contributed by atoms with Gasteiger partial charge in [0, 0.05) is 36.5 Å². The Labute approximate surface area is 181 Å². The van der Waals surface area contributed by atoms with Crippen LogP contribution in [0.15, 0.2) is 61.2 Å². The van der Waals surface area contributed by atoms with Crippen LogP contribution in [0.4, 0.5) is 0 Å². The van der Waals surface area contributed by atoms with Crippen LogP contribution in [0, 0.1) is 29.1 Å². The fraction of sp³-hybridized carbons (Fsp3) is 0.346. The van der Waals surface area contributed by atoms with Gasteiger partial charge in [0.1, 0.15) is 0 Å². The molecule has 2 saturated carbocycles. The number of benzene rings is 1. The second kappa shape index (κ2) is 7.09. The second-order valence-electron chi connectivity index (χ2n) is 9.22. The van der Waals surface area contributed by atoms with Crippen molar-refractivity contribution in [1.29, 1.82) is 5.26 Å². The highest BCUT2D eigenvalue weighted by molar-refractivity contribution is 5.84. The second-order valence-corrected chi connectivity index (χ2v) is 9.22. The summed E-state index contributed by atoms with van der Waals surface area (Å²) in [4.78, 5) is 0. The Morgan fingerprint density at radius 3 is 2.35 bits per heavy atom. The number of pyridine rings is 1. The maximum Gasteiger partial charge on any atom is 0.0775 e. The fourth-order valence-corrected chi connectivity index (χ4v) is 6.10. The molecule has 3 aromatic heterocycles. The van der Waals surface area contributed by atoms with Gasteiger partial charge in [-0.3, -0.25) is 4.68 Å². The van der Waals surface area contributed by atoms with Gasteiger partial charge in [-0.05, 0) is 66.2 Å². The van der Waals surface area contributed by atoms with E-state index in [4.69, 9.17) is 0 Å². The molecule has 2 bridgehead atoms. The third-order valence-corrected chi connectivity index (χ3v) is 7.45. The average Bonchev–Trinajstić information content (AvgIpc) is 3.49. The summed E-state index contributed by atoms with van der Waals surface area (Å²) < 4.78 is 3.87. The first-order valence-electron chi connectivity index (χ1n) is 11.2.